The highest BCUT2D eigenvalue weighted by Gasteiger charge is 2.42. The number of carbonyl (C=O) groups excluding carboxylic acids is 1. The first-order valence-electron chi connectivity index (χ1n) is 9.13. The molecule has 1 aliphatic rings. The number of carbonyl (C=O) groups is 1. The molecule has 1 saturated carbocycles. The topological polar surface area (TPSA) is 69.6 Å². The van der Waals surface area contributed by atoms with Gasteiger partial charge in [0.15, 0.2) is 5.96 Å². The zero-order chi connectivity index (χ0) is 18.3. The molecule has 2 rings (SSSR count). The largest absolute Gasteiger partial charge is 0.357 e. The van der Waals surface area contributed by atoms with Crippen LogP contribution in [0, 0.1) is 12.3 Å². The Labute approximate surface area is 151 Å². The number of nitrogens with one attached hydrogen (secondary N) is 2. The third-order valence-electron chi connectivity index (χ3n) is 4.86. The van der Waals surface area contributed by atoms with Crippen LogP contribution in [0.4, 0.5) is 0 Å². The van der Waals surface area contributed by atoms with E-state index < -0.39 is 0 Å². The molecule has 0 spiro atoms. The molecule has 1 fully saturated rings. The van der Waals surface area contributed by atoms with E-state index >= 15 is 0 Å². The van der Waals surface area contributed by atoms with Crippen LogP contribution in [0.25, 0.3) is 0 Å². The Bertz CT molecular complexity index is 606. The molecule has 0 aromatic carbocycles. The van der Waals surface area contributed by atoms with Crippen LogP contribution in [0.1, 0.15) is 43.9 Å². The lowest BCUT2D eigenvalue weighted by Gasteiger charge is -2.31. The monoisotopic (exact) mass is 345 g/mol. The molecule has 6 heteroatoms. The Morgan fingerprint density at radius 2 is 2.04 bits per heavy atom. The Morgan fingerprint density at radius 3 is 2.64 bits per heavy atom. The van der Waals surface area contributed by atoms with Crippen LogP contribution in [0.2, 0.25) is 0 Å². The van der Waals surface area contributed by atoms with Crippen molar-refractivity contribution in [2.45, 2.75) is 46.1 Å². The lowest BCUT2D eigenvalue weighted by Crippen LogP contribution is -2.49. The fourth-order valence-electron chi connectivity index (χ4n) is 3.42. The third kappa shape index (κ3) is 4.94. The van der Waals surface area contributed by atoms with Gasteiger partial charge in [-0.2, -0.15) is 0 Å². The molecule has 25 heavy (non-hydrogen) atoms. The fourth-order valence-corrected chi connectivity index (χ4v) is 3.42. The van der Waals surface area contributed by atoms with E-state index in [0.29, 0.717) is 13.1 Å². The lowest BCUT2D eigenvalue weighted by molar-refractivity contribution is -0.138. The van der Waals surface area contributed by atoms with E-state index in [2.05, 4.69) is 20.6 Å². The fraction of sp³-hybridized carbons (Fsp3) is 0.632. The molecule has 0 radical (unpaired) electrons. The van der Waals surface area contributed by atoms with E-state index in [0.717, 1.165) is 49.4 Å². The van der Waals surface area contributed by atoms with Gasteiger partial charge in [-0.25, -0.2) is 4.99 Å². The van der Waals surface area contributed by atoms with Crippen molar-refractivity contribution in [3.63, 3.8) is 0 Å². The van der Waals surface area contributed by atoms with Crippen LogP contribution in [-0.4, -0.2) is 48.9 Å². The summed E-state index contributed by atoms with van der Waals surface area (Å²) in [5, 5.41) is 6.66. The summed E-state index contributed by atoms with van der Waals surface area (Å²) in [6, 6.07) is 3.98. The first-order chi connectivity index (χ1) is 12.0. The van der Waals surface area contributed by atoms with E-state index in [1.54, 1.807) is 11.1 Å². The Kier molecular flexibility index (Phi) is 6.79. The predicted molar refractivity (Wildman–Crippen MR) is 101 cm³/mol. The van der Waals surface area contributed by atoms with Crippen LogP contribution >= 0.6 is 0 Å². The Hall–Kier alpha value is -2.11. The van der Waals surface area contributed by atoms with E-state index in [1.807, 2.05) is 40.1 Å². The Balaban J connectivity index is 2.06. The number of aliphatic imine (C=N–C) groups is 1. The van der Waals surface area contributed by atoms with Gasteiger partial charge in [-0.05, 0) is 38.3 Å². The average molecular weight is 345 g/mol. The normalized spacial score (nSPS) is 16.6. The molecule has 1 aromatic rings. The van der Waals surface area contributed by atoms with Gasteiger partial charge >= 0.3 is 0 Å². The zero-order valence-electron chi connectivity index (χ0n) is 15.9. The number of rotatable bonds is 6. The minimum Gasteiger partial charge on any atom is -0.357 e. The van der Waals surface area contributed by atoms with Crippen molar-refractivity contribution < 1.29 is 4.79 Å². The lowest BCUT2D eigenvalue weighted by atomic mass is 9.84. The summed E-state index contributed by atoms with van der Waals surface area (Å²) in [5.41, 5.74) is 1.80. The number of aromatic nitrogens is 1. The number of aryl methyl sites for hydroxylation is 1. The van der Waals surface area contributed by atoms with Crippen LogP contribution < -0.4 is 10.6 Å². The van der Waals surface area contributed by atoms with E-state index in [-0.39, 0.29) is 11.3 Å². The number of nitrogens with zero attached hydrogens (tertiary/aromatic N) is 3. The third-order valence-corrected chi connectivity index (χ3v) is 4.86. The molecule has 0 unspecified atom stereocenters. The molecule has 0 saturated heterocycles. The summed E-state index contributed by atoms with van der Waals surface area (Å²) < 4.78 is 0. The second-order valence-electron chi connectivity index (χ2n) is 7.00. The summed E-state index contributed by atoms with van der Waals surface area (Å²) in [6.45, 7) is 6.01. The molecule has 1 aromatic heterocycles. The minimum absolute atomic E-state index is 0.217. The summed E-state index contributed by atoms with van der Waals surface area (Å²) in [6.07, 6.45) is 5.90. The van der Waals surface area contributed by atoms with Crippen LogP contribution in [-0.2, 0) is 11.3 Å². The molecule has 0 atom stereocenters. The number of hydrogen-bond donors (Lipinski definition) is 2. The van der Waals surface area contributed by atoms with Crippen LogP contribution in [0.3, 0.4) is 0 Å². The number of amides is 1. The first-order valence-corrected chi connectivity index (χ1v) is 9.13. The van der Waals surface area contributed by atoms with Crippen molar-refractivity contribution in [2.24, 2.45) is 10.4 Å². The molecule has 0 aliphatic heterocycles. The highest BCUT2D eigenvalue weighted by atomic mass is 16.2. The Morgan fingerprint density at radius 1 is 1.32 bits per heavy atom. The quantitative estimate of drug-likeness (QED) is 0.612. The molecular formula is C19H31N5O. The van der Waals surface area contributed by atoms with Gasteiger partial charge in [0.1, 0.15) is 0 Å². The molecule has 2 N–H and O–H groups in total. The second kappa shape index (κ2) is 8.83. The smallest absolute Gasteiger partial charge is 0.230 e. The van der Waals surface area contributed by atoms with Gasteiger partial charge in [-0.3, -0.25) is 9.78 Å². The molecule has 1 aliphatic carbocycles. The van der Waals surface area contributed by atoms with E-state index in [4.69, 9.17) is 0 Å². The van der Waals surface area contributed by atoms with Gasteiger partial charge in [0.2, 0.25) is 5.91 Å². The number of hydrogen-bond acceptors (Lipinski definition) is 3. The van der Waals surface area contributed by atoms with Gasteiger partial charge < -0.3 is 15.5 Å². The average Bonchev–Trinajstić information content (AvgIpc) is 3.08. The van der Waals surface area contributed by atoms with Gasteiger partial charge in [0, 0.05) is 33.4 Å². The molecule has 1 amide bonds. The highest BCUT2D eigenvalue weighted by molar-refractivity contribution is 5.85. The molecule has 138 valence electrons. The van der Waals surface area contributed by atoms with Gasteiger partial charge in [-0.15, -0.1) is 0 Å². The maximum Gasteiger partial charge on any atom is 0.230 e. The summed E-state index contributed by atoms with van der Waals surface area (Å²) in [7, 11) is 3.68. The summed E-state index contributed by atoms with van der Waals surface area (Å²) >= 11 is 0. The number of guanidine groups is 1. The predicted octanol–water partition coefficient (Wildman–Crippen LogP) is 2.09. The SMILES string of the molecule is CCNC(=NCc1ncccc1C)NCC1(C(=O)N(C)C)CCCC1. The molecule has 6 nitrogen and oxygen atoms in total. The van der Waals surface area contributed by atoms with Gasteiger partial charge in [0.25, 0.3) is 0 Å². The van der Waals surface area contributed by atoms with Crippen molar-refractivity contribution in [3.05, 3.63) is 29.6 Å². The van der Waals surface area contributed by atoms with Crippen LogP contribution in [0.15, 0.2) is 23.3 Å². The van der Waals surface area contributed by atoms with E-state index in [1.165, 1.54) is 0 Å². The maximum atomic E-state index is 12.7. The highest BCUT2D eigenvalue weighted by Crippen LogP contribution is 2.38. The summed E-state index contributed by atoms with van der Waals surface area (Å²) in [5.74, 6) is 0.958. The minimum atomic E-state index is -0.305. The standard InChI is InChI=1S/C19H31N5O/c1-5-20-18(22-13-16-15(2)9-8-12-21-16)23-14-19(10-6-7-11-19)17(25)24(3)4/h8-9,12H,5-7,10-11,13-14H2,1-4H3,(H2,20,22,23). The number of pyridine rings is 1. The summed E-state index contributed by atoms with van der Waals surface area (Å²) in [4.78, 5) is 23.4. The van der Waals surface area contributed by atoms with Crippen molar-refractivity contribution in [3.8, 4) is 0 Å². The zero-order valence-corrected chi connectivity index (χ0v) is 15.9. The second-order valence-corrected chi connectivity index (χ2v) is 7.00. The molecule has 1 heterocycles. The molecular weight excluding hydrogens is 314 g/mol. The van der Waals surface area contributed by atoms with Crippen molar-refractivity contribution in [1.82, 2.24) is 20.5 Å². The molecule has 0 bridgehead atoms. The van der Waals surface area contributed by atoms with Crippen molar-refractivity contribution in [2.75, 3.05) is 27.2 Å². The van der Waals surface area contributed by atoms with Crippen LogP contribution in [0.5, 0.6) is 0 Å². The van der Waals surface area contributed by atoms with E-state index in [9.17, 15) is 4.79 Å². The maximum absolute atomic E-state index is 12.7. The van der Waals surface area contributed by atoms with Gasteiger partial charge in [-0.1, -0.05) is 18.9 Å². The first kappa shape index (κ1) is 19.2. The van der Waals surface area contributed by atoms with Crippen molar-refractivity contribution in [1.29, 1.82) is 0 Å². The van der Waals surface area contributed by atoms with Gasteiger partial charge in [0.05, 0.1) is 17.7 Å². The van der Waals surface area contributed by atoms with Crippen molar-refractivity contribution >= 4 is 11.9 Å².